The summed E-state index contributed by atoms with van der Waals surface area (Å²) in [5.74, 6) is -1.45. The standard InChI is InChI=1S/C9H18N2O6/c1-9(17,7(14)15)6-10-8(16)11(2-4-12)3-5-13/h12-13,17H,2-6H2,1H3,(H,10,16)(H,14,15). The van der Waals surface area contributed by atoms with Gasteiger partial charge in [-0.15, -0.1) is 0 Å². The van der Waals surface area contributed by atoms with Crippen LogP contribution in [0.25, 0.3) is 0 Å². The van der Waals surface area contributed by atoms with E-state index in [1.807, 2.05) is 0 Å². The Morgan fingerprint density at radius 2 is 1.71 bits per heavy atom. The van der Waals surface area contributed by atoms with Gasteiger partial charge in [0.1, 0.15) is 0 Å². The molecule has 100 valence electrons. The van der Waals surface area contributed by atoms with Crippen LogP contribution in [-0.2, 0) is 4.79 Å². The molecule has 0 rings (SSSR count). The molecule has 1 atom stereocenters. The van der Waals surface area contributed by atoms with Crippen LogP contribution in [0.3, 0.4) is 0 Å². The molecule has 5 N–H and O–H groups in total. The summed E-state index contributed by atoms with van der Waals surface area (Å²) in [4.78, 5) is 23.1. The molecule has 2 amide bonds. The van der Waals surface area contributed by atoms with Crippen molar-refractivity contribution < 1.29 is 30.0 Å². The van der Waals surface area contributed by atoms with Crippen molar-refractivity contribution in [3.05, 3.63) is 0 Å². The van der Waals surface area contributed by atoms with Gasteiger partial charge < -0.3 is 30.6 Å². The van der Waals surface area contributed by atoms with Gasteiger partial charge in [0.25, 0.3) is 0 Å². The van der Waals surface area contributed by atoms with Gasteiger partial charge in [-0.1, -0.05) is 0 Å². The third-order valence-corrected chi connectivity index (χ3v) is 2.07. The maximum absolute atomic E-state index is 11.5. The highest BCUT2D eigenvalue weighted by Gasteiger charge is 2.30. The number of carboxylic acid groups (broad SMARTS) is 1. The summed E-state index contributed by atoms with van der Waals surface area (Å²) < 4.78 is 0. The highest BCUT2D eigenvalue weighted by Crippen LogP contribution is 2.01. The zero-order chi connectivity index (χ0) is 13.5. The second-order valence-corrected chi connectivity index (χ2v) is 3.67. The van der Waals surface area contributed by atoms with Crippen molar-refractivity contribution in [1.29, 1.82) is 0 Å². The van der Waals surface area contributed by atoms with Gasteiger partial charge in [-0.05, 0) is 6.92 Å². The first kappa shape index (κ1) is 15.6. The minimum Gasteiger partial charge on any atom is -0.479 e. The molecule has 17 heavy (non-hydrogen) atoms. The van der Waals surface area contributed by atoms with E-state index in [0.29, 0.717) is 0 Å². The number of aliphatic hydroxyl groups excluding tert-OH is 2. The summed E-state index contributed by atoms with van der Waals surface area (Å²) in [6.07, 6.45) is 0. The molecule has 0 aliphatic rings. The number of urea groups is 1. The number of carbonyl (C=O) groups is 2. The number of hydrogen-bond acceptors (Lipinski definition) is 5. The van der Waals surface area contributed by atoms with E-state index in [-0.39, 0.29) is 26.3 Å². The fourth-order valence-electron chi connectivity index (χ4n) is 0.991. The zero-order valence-corrected chi connectivity index (χ0v) is 9.59. The van der Waals surface area contributed by atoms with Gasteiger partial charge in [-0.2, -0.15) is 0 Å². The number of carboxylic acids is 1. The number of aliphatic hydroxyl groups is 3. The minimum absolute atomic E-state index is 0.0155. The Hall–Kier alpha value is -1.38. The predicted octanol–water partition coefficient (Wildman–Crippen LogP) is -2.18. The van der Waals surface area contributed by atoms with Crippen molar-refractivity contribution in [2.24, 2.45) is 0 Å². The van der Waals surface area contributed by atoms with E-state index in [2.05, 4.69) is 5.32 Å². The first-order valence-corrected chi connectivity index (χ1v) is 5.05. The molecule has 0 aromatic rings. The van der Waals surface area contributed by atoms with Crippen molar-refractivity contribution in [2.75, 3.05) is 32.8 Å². The molecule has 0 aliphatic heterocycles. The summed E-state index contributed by atoms with van der Waals surface area (Å²) in [6.45, 7) is 0.0707. The maximum Gasteiger partial charge on any atom is 0.337 e. The Balaban J connectivity index is 4.27. The van der Waals surface area contributed by atoms with Crippen molar-refractivity contribution in [1.82, 2.24) is 10.2 Å². The van der Waals surface area contributed by atoms with Crippen LogP contribution in [0, 0.1) is 0 Å². The largest absolute Gasteiger partial charge is 0.479 e. The fourth-order valence-corrected chi connectivity index (χ4v) is 0.991. The molecule has 0 fully saturated rings. The van der Waals surface area contributed by atoms with Crippen LogP contribution in [0.4, 0.5) is 4.79 Å². The van der Waals surface area contributed by atoms with E-state index < -0.39 is 24.1 Å². The SMILES string of the molecule is CC(O)(CNC(=O)N(CCO)CCO)C(=O)O. The van der Waals surface area contributed by atoms with Crippen LogP contribution < -0.4 is 5.32 Å². The van der Waals surface area contributed by atoms with Crippen LogP contribution in [0.1, 0.15) is 6.92 Å². The number of aliphatic carboxylic acids is 1. The summed E-state index contributed by atoms with van der Waals surface area (Å²) in [7, 11) is 0. The highest BCUT2D eigenvalue weighted by molar-refractivity contribution is 5.79. The van der Waals surface area contributed by atoms with E-state index in [1.54, 1.807) is 0 Å². The molecular weight excluding hydrogens is 232 g/mol. The first-order valence-electron chi connectivity index (χ1n) is 5.05. The average molecular weight is 250 g/mol. The summed E-state index contributed by atoms with van der Waals surface area (Å²) in [6, 6.07) is -0.658. The number of rotatable bonds is 7. The number of nitrogens with one attached hydrogen (secondary N) is 1. The van der Waals surface area contributed by atoms with Crippen molar-refractivity contribution >= 4 is 12.0 Å². The second-order valence-electron chi connectivity index (χ2n) is 3.67. The Bertz CT molecular complexity index is 262. The van der Waals surface area contributed by atoms with E-state index in [1.165, 1.54) is 0 Å². The van der Waals surface area contributed by atoms with Gasteiger partial charge in [0.05, 0.1) is 19.8 Å². The zero-order valence-electron chi connectivity index (χ0n) is 9.59. The van der Waals surface area contributed by atoms with Crippen LogP contribution in [0.5, 0.6) is 0 Å². The molecule has 0 aromatic heterocycles. The van der Waals surface area contributed by atoms with Crippen molar-refractivity contribution in [3.63, 3.8) is 0 Å². The Kier molecular flexibility index (Phi) is 6.47. The lowest BCUT2D eigenvalue weighted by molar-refractivity contribution is -0.155. The normalized spacial score (nSPS) is 13.9. The molecule has 0 bridgehead atoms. The van der Waals surface area contributed by atoms with Crippen LogP contribution in [-0.4, -0.2) is 75.8 Å². The quantitative estimate of drug-likeness (QED) is 0.349. The lowest BCUT2D eigenvalue weighted by atomic mass is 10.1. The topological polar surface area (TPSA) is 130 Å². The molecule has 0 aliphatic carbocycles. The Labute approximate surface area is 98.5 Å². The van der Waals surface area contributed by atoms with E-state index in [9.17, 15) is 14.7 Å². The molecule has 8 heteroatoms. The maximum atomic E-state index is 11.5. The third-order valence-electron chi connectivity index (χ3n) is 2.07. The number of amides is 2. The lowest BCUT2D eigenvalue weighted by Crippen LogP contribution is -2.51. The average Bonchev–Trinajstić information content (AvgIpc) is 2.25. The molecule has 0 radical (unpaired) electrons. The third kappa shape index (κ3) is 5.48. The molecule has 0 heterocycles. The second kappa shape index (κ2) is 7.05. The van der Waals surface area contributed by atoms with Gasteiger partial charge in [-0.3, -0.25) is 0 Å². The van der Waals surface area contributed by atoms with Gasteiger partial charge in [0.2, 0.25) is 0 Å². The van der Waals surface area contributed by atoms with Crippen molar-refractivity contribution in [3.8, 4) is 0 Å². The first-order chi connectivity index (χ1) is 7.85. The molecule has 8 nitrogen and oxygen atoms in total. The van der Waals surface area contributed by atoms with Crippen LogP contribution in [0.15, 0.2) is 0 Å². The van der Waals surface area contributed by atoms with Crippen LogP contribution in [0.2, 0.25) is 0 Å². The number of carbonyl (C=O) groups excluding carboxylic acids is 1. The van der Waals surface area contributed by atoms with Crippen molar-refractivity contribution in [2.45, 2.75) is 12.5 Å². The number of nitrogens with zero attached hydrogens (tertiary/aromatic N) is 1. The van der Waals surface area contributed by atoms with Crippen LogP contribution >= 0.6 is 0 Å². The van der Waals surface area contributed by atoms with Gasteiger partial charge >= 0.3 is 12.0 Å². The monoisotopic (exact) mass is 250 g/mol. The summed E-state index contributed by atoms with van der Waals surface area (Å²) >= 11 is 0. The number of hydrogen-bond donors (Lipinski definition) is 5. The molecule has 0 aromatic carbocycles. The van der Waals surface area contributed by atoms with Gasteiger partial charge in [-0.25, -0.2) is 9.59 Å². The Morgan fingerprint density at radius 3 is 2.06 bits per heavy atom. The van der Waals surface area contributed by atoms with E-state index in [4.69, 9.17) is 15.3 Å². The van der Waals surface area contributed by atoms with Gasteiger partial charge in [0, 0.05) is 13.1 Å². The fraction of sp³-hybridized carbons (Fsp3) is 0.778. The van der Waals surface area contributed by atoms with E-state index in [0.717, 1.165) is 11.8 Å². The molecule has 0 saturated heterocycles. The predicted molar refractivity (Wildman–Crippen MR) is 57.4 cm³/mol. The smallest absolute Gasteiger partial charge is 0.337 e. The minimum atomic E-state index is -2.06. The summed E-state index contributed by atoms with van der Waals surface area (Å²) in [5.41, 5.74) is -2.06. The lowest BCUT2D eigenvalue weighted by Gasteiger charge is -2.24. The molecular formula is C9H18N2O6. The van der Waals surface area contributed by atoms with Gasteiger partial charge in [0.15, 0.2) is 5.60 Å². The van der Waals surface area contributed by atoms with E-state index >= 15 is 0 Å². The molecule has 1 unspecified atom stereocenters. The molecule has 0 saturated carbocycles. The Morgan fingerprint density at radius 1 is 1.24 bits per heavy atom. The summed E-state index contributed by atoms with van der Waals surface area (Å²) in [5, 5.41) is 37.5. The molecule has 0 spiro atoms. The highest BCUT2D eigenvalue weighted by atomic mass is 16.4.